The van der Waals surface area contributed by atoms with Gasteiger partial charge >= 0.3 is 5.97 Å². The summed E-state index contributed by atoms with van der Waals surface area (Å²) in [5.74, 6) is -1.22. The van der Waals surface area contributed by atoms with Crippen molar-refractivity contribution < 1.29 is 23.9 Å². The first-order valence-corrected chi connectivity index (χ1v) is 12.7. The average molecular weight is 545 g/mol. The van der Waals surface area contributed by atoms with Crippen LogP contribution in [0.2, 0.25) is 0 Å². The Balaban J connectivity index is 1.78. The molecule has 1 unspecified atom stereocenters. The zero-order valence-electron chi connectivity index (χ0n) is 21.2. The van der Waals surface area contributed by atoms with E-state index in [-0.39, 0.29) is 28.8 Å². The monoisotopic (exact) mass is 544 g/mol. The van der Waals surface area contributed by atoms with Gasteiger partial charge in [-0.15, -0.1) is 0 Å². The number of rotatable bonds is 7. The van der Waals surface area contributed by atoms with Crippen LogP contribution >= 0.6 is 11.3 Å². The third-order valence-corrected chi connectivity index (χ3v) is 7.50. The first kappa shape index (κ1) is 25.9. The minimum atomic E-state index is -0.868. The molecular formula is C28H24N4O6S. The van der Waals surface area contributed by atoms with E-state index in [0.717, 1.165) is 11.3 Å². The SMILES string of the molecule is C=CCOC(=O)C1=C(C)N=c2sc(=C3C(=O)N(CC(N)=O)c4ccccc43)c(=O)n2C1c1ccc(OC)cc1. The number of aromatic nitrogens is 1. The predicted molar refractivity (Wildman–Crippen MR) is 145 cm³/mol. The second-order valence-corrected chi connectivity index (χ2v) is 9.79. The minimum absolute atomic E-state index is 0.0134. The number of fused-ring (bicyclic) bond motifs is 2. The molecule has 198 valence electrons. The normalized spacial score (nSPS) is 17.3. The second-order valence-electron chi connectivity index (χ2n) is 8.81. The lowest BCUT2D eigenvalue weighted by molar-refractivity contribution is -0.138. The molecule has 0 spiro atoms. The fraction of sp³-hybridized carbons (Fsp3) is 0.179. The number of ether oxygens (including phenoxy) is 2. The number of para-hydroxylation sites is 1. The molecular weight excluding hydrogens is 520 g/mol. The molecule has 2 aliphatic rings. The summed E-state index contributed by atoms with van der Waals surface area (Å²) in [6.07, 6.45) is 1.45. The highest BCUT2D eigenvalue weighted by molar-refractivity contribution is 7.07. The minimum Gasteiger partial charge on any atom is -0.497 e. The highest BCUT2D eigenvalue weighted by Crippen LogP contribution is 2.35. The van der Waals surface area contributed by atoms with E-state index in [2.05, 4.69) is 11.6 Å². The number of thiazole rings is 1. The summed E-state index contributed by atoms with van der Waals surface area (Å²) in [6, 6.07) is 13.0. The van der Waals surface area contributed by atoms with Gasteiger partial charge in [0.1, 0.15) is 23.4 Å². The maximum atomic E-state index is 14.1. The molecule has 0 bridgehead atoms. The van der Waals surface area contributed by atoms with Crippen molar-refractivity contribution in [2.45, 2.75) is 13.0 Å². The molecule has 3 heterocycles. The van der Waals surface area contributed by atoms with E-state index in [9.17, 15) is 19.2 Å². The number of hydrogen-bond acceptors (Lipinski definition) is 8. The van der Waals surface area contributed by atoms with E-state index >= 15 is 0 Å². The standard InChI is InChI=1S/C28H24N4O6S/c1-4-13-38-27(36)21-15(2)30-28-32(23(21)16-9-11-17(37-3)12-10-16)26(35)24(39-28)22-18-7-5-6-8-19(18)31(25(22)34)14-20(29)33/h4-12,23H,1,13-14H2,2-3H3,(H2,29,33). The largest absolute Gasteiger partial charge is 0.497 e. The topological polar surface area (TPSA) is 133 Å². The Bertz CT molecular complexity index is 1750. The molecule has 2 N–H and O–H groups in total. The van der Waals surface area contributed by atoms with E-state index in [1.807, 2.05) is 0 Å². The Labute approximate surface area is 226 Å². The molecule has 2 amide bonds. The van der Waals surface area contributed by atoms with Crippen LogP contribution in [0, 0.1) is 0 Å². The van der Waals surface area contributed by atoms with Gasteiger partial charge in [0.25, 0.3) is 11.5 Å². The summed E-state index contributed by atoms with van der Waals surface area (Å²) >= 11 is 1.04. The quantitative estimate of drug-likeness (QED) is 0.351. The first-order chi connectivity index (χ1) is 18.8. The first-order valence-electron chi connectivity index (χ1n) is 11.9. The zero-order chi connectivity index (χ0) is 27.8. The van der Waals surface area contributed by atoms with Crippen LogP contribution in [-0.2, 0) is 19.1 Å². The average Bonchev–Trinajstić information content (AvgIpc) is 3.38. The molecule has 2 aromatic carbocycles. The maximum Gasteiger partial charge on any atom is 0.338 e. The molecule has 3 aromatic rings. The number of allylic oxidation sites excluding steroid dienone is 1. The lowest BCUT2D eigenvalue weighted by Gasteiger charge is -2.24. The van der Waals surface area contributed by atoms with Crippen molar-refractivity contribution in [1.82, 2.24) is 4.57 Å². The summed E-state index contributed by atoms with van der Waals surface area (Å²) < 4.78 is 12.2. The summed E-state index contributed by atoms with van der Waals surface area (Å²) in [5, 5.41) is 0. The third-order valence-electron chi connectivity index (χ3n) is 6.45. The Morgan fingerprint density at radius 1 is 1.15 bits per heavy atom. The van der Waals surface area contributed by atoms with E-state index in [1.54, 1.807) is 62.6 Å². The smallest absolute Gasteiger partial charge is 0.338 e. The van der Waals surface area contributed by atoms with Crippen LogP contribution in [0.15, 0.2) is 82.2 Å². The second kappa shape index (κ2) is 10.2. The number of nitrogens with zero attached hydrogens (tertiary/aromatic N) is 3. The Kier molecular flexibility index (Phi) is 6.75. The molecule has 5 rings (SSSR count). The van der Waals surface area contributed by atoms with Gasteiger partial charge in [-0.25, -0.2) is 9.79 Å². The van der Waals surface area contributed by atoms with Gasteiger partial charge in [-0.1, -0.05) is 54.3 Å². The van der Waals surface area contributed by atoms with Gasteiger partial charge in [0.05, 0.1) is 35.7 Å². The van der Waals surface area contributed by atoms with Crippen molar-refractivity contribution in [3.8, 4) is 5.75 Å². The molecule has 1 atom stereocenters. The van der Waals surface area contributed by atoms with Gasteiger partial charge in [-0.05, 0) is 30.7 Å². The molecule has 0 radical (unpaired) electrons. The molecule has 39 heavy (non-hydrogen) atoms. The molecule has 1 aromatic heterocycles. The number of methoxy groups -OCH3 is 1. The lowest BCUT2D eigenvalue weighted by atomic mass is 9.96. The molecule has 2 aliphatic heterocycles. The molecule has 0 saturated heterocycles. The lowest BCUT2D eigenvalue weighted by Crippen LogP contribution is -2.41. The molecule has 0 aliphatic carbocycles. The number of carbonyl (C=O) groups is 3. The van der Waals surface area contributed by atoms with Gasteiger partial charge in [-0.3, -0.25) is 23.9 Å². The highest BCUT2D eigenvalue weighted by atomic mass is 32.1. The van der Waals surface area contributed by atoms with Crippen molar-refractivity contribution in [2.24, 2.45) is 10.7 Å². The summed E-state index contributed by atoms with van der Waals surface area (Å²) in [7, 11) is 1.54. The number of anilines is 1. The molecule has 11 heteroatoms. The number of benzene rings is 2. The highest BCUT2D eigenvalue weighted by Gasteiger charge is 2.37. The predicted octanol–water partition coefficient (Wildman–Crippen LogP) is 1.18. The number of carbonyl (C=O) groups excluding carboxylic acids is 3. The third kappa shape index (κ3) is 4.36. The summed E-state index contributed by atoms with van der Waals surface area (Å²) in [6.45, 7) is 4.92. The van der Waals surface area contributed by atoms with Crippen LogP contribution in [0.1, 0.15) is 24.1 Å². The van der Waals surface area contributed by atoms with Gasteiger partial charge in [0.2, 0.25) is 5.91 Å². The maximum absolute atomic E-state index is 14.1. The zero-order valence-corrected chi connectivity index (χ0v) is 22.0. The van der Waals surface area contributed by atoms with Crippen LogP contribution in [0.4, 0.5) is 5.69 Å². The van der Waals surface area contributed by atoms with Crippen LogP contribution in [0.25, 0.3) is 5.57 Å². The van der Waals surface area contributed by atoms with Crippen LogP contribution in [0.5, 0.6) is 5.75 Å². The van der Waals surface area contributed by atoms with Gasteiger partial charge < -0.3 is 15.2 Å². The van der Waals surface area contributed by atoms with Gasteiger partial charge in [-0.2, -0.15) is 0 Å². The fourth-order valence-electron chi connectivity index (χ4n) is 4.76. The summed E-state index contributed by atoms with van der Waals surface area (Å²) in [5.41, 5.74) is 7.25. The molecule has 0 fully saturated rings. The Morgan fingerprint density at radius 2 is 1.87 bits per heavy atom. The van der Waals surface area contributed by atoms with Gasteiger partial charge in [0, 0.05) is 5.56 Å². The van der Waals surface area contributed by atoms with Crippen molar-refractivity contribution in [1.29, 1.82) is 0 Å². The van der Waals surface area contributed by atoms with Crippen molar-refractivity contribution >= 4 is 40.4 Å². The number of nitrogens with two attached hydrogens (primary N) is 1. The summed E-state index contributed by atoms with van der Waals surface area (Å²) in [4.78, 5) is 58.7. The number of esters is 1. The van der Waals surface area contributed by atoms with Crippen molar-refractivity contribution in [3.05, 3.63) is 103 Å². The molecule has 10 nitrogen and oxygen atoms in total. The van der Waals surface area contributed by atoms with E-state index < -0.39 is 29.4 Å². The Morgan fingerprint density at radius 3 is 2.54 bits per heavy atom. The number of primary amides is 1. The van der Waals surface area contributed by atoms with Gasteiger partial charge in [0.15, 0.2) is 4.80 Å². The fourth-order valence-corrected chi connectivity index (χ4v) is 5.90. The number of amides is 2. The van der Waals surface area contributed by atoms with Crippen LogP contribution in [0.3, 0.4) is 0 Å². The van der Waals surface area contributed by atoms with Crippen LogP contribution < -0.4 is 30.3 Å². The van der Waals surface area contributed by atoms with E-state index in [4.69, 9.17) is 15.2 Å². The van der Waals surface area contributed by atoms with Crippen molar-refractivity contribution in [2.75, 3.05) is 25.2 Å². The molecule has 0 saturated carbocycles. The van der Waals surface area contributed by atoms with E-state index in [1.165, 1.54) is 15.5 Å². The van der Waals surface area contributed by atoms with Crippen molar-refractivity contribution in [3.63, 3.8) is 0 Å². The van der Waals surface area contributed by atoms with E-state index in [0.29, 0.717) is 33.1 Å². The number of hydrogen-bond donors (Lipinski definition) is 1. The van der Waals surface area contributed by atoms with Crippen LogP contribution in [-0.4, -0.2) is 42.6 Å². The Hall–Kier alpha value is -4.77.